The van der Waals surface area contributed by atoms with E-state index in [2.05, 4.69) is 10.6 Å². The lowest BCUT2D eigenvalue weighted by Gasteiger charge is -2.31. The second-order valence-electron chi connectivity index (χ2n) is 11.9. The summed E-state index contributed by atoms with van der Waals surface area (Å²) in [6.07, 6.45) is 12.0. The summed E-state index contributed by atoms with van der Waals surface area (Å²) >= 11 is 6.32. The van der Waals surface area contributed by atoms with Crippen molar-refractivity contribution in [3.05, 3.63) is 47.0 Å². The van der Waals surface area contributed by atoms with E-state index in [9.17, 15) is 23.8 Å². The number of benzene rings is 1. The van der Waals surface area contributed by atoms with Crippen molar-refractivity contribution in [1.82, 2.24) is 15.5 Å². The number of allylic oxidation sites excluding steroid dienone is 1. The Kier molecular flexibility index (Phi) is 9.47. The number of carbonyl (C=O) groups excluding carboxylic acids is 3. The molecule has 5 atom stereocenters. The van der Waals surface area contributed by atoms with Gasteiger partial charge in [0, 0.05) is 17.5 Å². The van der Waals surface area contributed by atoms with Crippen molar-refractivity contribution in [1.29, 1.82) is 0 Å². The molecule has 2 saturated carbocycles. The standard InChI is InChI=1S/C30H41ClN3O6P/c31-24-15-9-6-11-21(24)20-41(38,39)30-19-22(30)12-4-2-1-3-5-16-25(32-29(37)40-23-13-7-8-14-23)28(36)34-18-10-17-26(34)27(35)33-30/h4,6,9,11-12,15,22-23,25-26H,1-3,5,7-8,10,13-14,16-20H2,(H,32,37)(H,33,35)(H,38,39)/b12-4-/t22-,25+,26+,30+/m1/s1. The third kappa shape index (κ3) is 6.84. The number of nitrogens with one attached hydrogen (secondary N) is 2. The molecule has 0 radical (unpaired) electrons. The Balaban J connectivity index is 1.36. The zero-order chi connectivity index (χ0) is 29.0. The molecule has 2 aliphatic heterocycles. The Morgan fingerprint density at radius 1 is 1.10 bits per heavy atom. The molecule has 224 valence electrons. The highest BCUT2D eigenvalue weighted by atomic mass is 35.5. The van der Waals surface area contributed by atoms with Crippen LogP contribution in [0.3, 0.4) is 0 Å². The summed E-state index contributed by atoms with van der Waals surface area (Å²) in [6.45, 7) is 0.388. The molecule has 1 unspecified atom stereocenters. The van der Waals surface area contributed by atoms with E-state index in [1.807, 2.05) is 12.2 Å². The average molecular weight is 606 g/mol. The summed E-state index contributed by atoms with van der Waals surface area (Å²) in [7, 11) is -3.97. The molecule has 0 spiro atoms. The molecule has 0 bridgehead atoms. The fourth-order valence-electron chi connectivity index (χ4n) is 6.57. The van der Waals surface area contributed by atoms with Crippen LogP contribution in [0.15, 0.2) is 36.4 Å². The van der Waals surface area contributed by atoms with Crippen molar-refractivity contribution in [2.45, 2.75) is 107 Å². The molecule has 5 rings (SSSR count). The summed E-state index contributed by atoms with van der Waals surface area (Å²) in [5, 5.41) is 4.87. The van der Waals surface area contributed by atoms with Gasteiger partial charge in [0.05, 0.1) is 6.16 Å². The third-order valence-electron chi connectivity index (χ3n) is 9.03. The summed E-state index contributed by atoms with van der Waals surface area (Å²) in [5.41, 5.74) is 0.560. The van der Waals surface area contributed by atoms with Gasteiger partial charge in [0.1, 0.15) is 23.5 Å². The van der Waals surface area contributed by atoms with Gasteiger partial charge in [-0.1, -0.05) is 54.8 Å². The van der Waals surface area contributed by atoms with Crippen LogP contribution in [-0.2, 0) is 25.1 Å². The van der Waals surface area contributed by atoms with Gasteiger partial charge in [-0.3, -0.25) is 14.2 Å². The van der Waals surface area contributed by atoms with Crippen molar-refractivity contribution in [2.24, 2.45) is 5.92 Å². The molecule has 4 aliphatic rings. The number of ether oxygens (including phenoxy) is 1. The second kappa shape index (κ2) is 12.9. The van der Waals surface area contributed by atoms with Crippen molar-refractivity contribution in [3.63, 3.8) is 0 Å². The van der Waals surface area contributed by atoms with E-state index in [1.54, 1.807) is 24.3 Å². The highest BCUT2D eigenvalue weighted by molar-refractivity contribution is 7.59. The topological polar surface area (TPSA) is 125 Å². The maximum atomic E-state index is 14.0. The monoisotopic (exact) mass is 605 g/mol. The number of alkyl carbamates (subject to hydrolysis) is 1. The molecule has 11 heteroatoms. The minimum atomic E-state index is -3.97. The number of nitrogens with zero attached hydrogens (tertiary/aromatic N) is 1. The van der Waals surface area contributed by atoms with Crippen molar-refractivity contribution in [3.8, 4) is 0 Å². The van der Waals surface area contributed by atoms with Gasteiger partial charge in [-0.15, -0.1) is 0 Å². The number of fused-ring (bicyclic) bond motifs is 2. The van der Waals surface area contributed by atoms with Gasteiger partial charge in [-0.2, -0.15) is 0 Å². The van der Waals surface area contributed by atoms with E-state index in [0.717, 1.165) is 51.4 Å². The Bertz CT molecular complexity index is 1220. The Morgan fingerprint density at radius 2 is 1.85 bits per heavy atom. The molecule has 3 amide bonds. The SMILES string of the molecule is O=C(N[C@H]1CCCCC/C=C\[C@@H]2C[C@@]2(P(=O)(O)Cc2ccccc2Cl)NC(=O)[C@@H]2CCCN2C1=O)OC1CCCC1. The van der Waals surface area contributed by atoms with Crippen molar-refractivity contribution in [2.75, 3.05) is 6.54 Å². The average Bonchev–Trinajstić information content (AvgIpc) is 3.27. The molecule has 2 aliphatic carbocycles. The first-order chi connectivity index (χ1) is 19.7. The van der Waals surface area contributed by atoms with E-state index >= 15 is 0 Å². The molecule has 1 saturated heterocycles. The van der Waals surface area contributed by atoms with E-state index < -0.39 is 36.7 Å². The number of amides is 3. The number of carbonyl (C=O) groups is 3. The maximum Gasteiger partial charge on any atom is 0.408 e. The largest absolute Gasteiger partial charge is 0.446 e. The molecular formula is C30H41ClN3O6P. The van der Waals surface area contributed by atoms with Gasteiger partial charge in [-0.05, 0) is 75.8 Å². The van der Waals surface area contributed by atoms with Crippen LogP contribution in [0.5, 0.6) is 0 Å². The zero-order valence-corrected chi connectivity index (χ0v) is 25.1. The predicted molar refractivity (Wildman–Crippen MR) is 157 cm³/mol. The molecule has 1 aromatic carbocycles. The van der Waals surface area contributed by atoms with Crippen LogP contribution in [0.1, 0.15) is 82.6 Å². The first kappa shape index (κ1) is 30.1. The lowest BCUT2D eigenvalue weighted by Crippen LogP contribution is -2.55. The Morgan fingerprint density at radius 3 is 2.63 bits per heavy atom. The molecule has 0 aromatic heterocycles. The van der Waals surface area contributed by atoms with Crippen LogP contribution in [0.25, 0.3) is 0 Å². The van der Waals surface area contributed by atoms with Crippen molar-refractivity contribution < 1.29 is 28.6 Å². The zero-order valence-electron chi connectivity index (χ0n) is 23.4. The Hall–Kier alpha value is -2.35. The normalized spacial score (nSPS) is 31.6. The number of hydrogen-bond acceptors (Lipinski definition) is 5. The molecular weight excluding hydrogens is 565 g/mol. The summed E-state index contributed by atoms with van der Waals surface area (Å²) < 4.78 is 19.5. The van der Waals surface area contributed by atoms with Crippen LogP contribution in [0, 0.1) is 5.92 Å². The lowest BCUT2D eigenvalue weighted by atomic mass is 10.1. The van der Waals surface area contributed by atoms with Crippen LogP contribution in [-0.4, -0.2) is 57.7 Å². The third-order valence-corrected chi connectivity index (χ3v) is 12.0. The number of halogens is 1. The highest BCUT2D eigenvalue weighted by Gasteiger charge is 2.65. The molecule has 1 aromatic rings. The van der Waals surface area contributed by atoms with Crippen LogP contribution in [0.4, 0.5) is 4.79 Å². The van der Waals surface area contributed by atoms with Gasteiger partial charge >= 0.3 is 6.09 Å². The van der Waals surface area contributed by atoms with Crippen LogP contribution in [0.2, 0.25) is 5.02 Å². The van der Waals surface area contributed by atoms with E-state index in [1.165, 1.54) is 4.90 Å². The quantitative estimate of drug-likeness (QED) is 0.301. The summed E-state index contributed by atoms with van der Waals surface area (Å²) in [5.74, 6) is -1.01. The second-order valence-corrected chi connectivity index (χ2v) is 14.9. The molecule has 41 heavy (non-hydrogen) atoms. The molecule has 3 N–H and O–H groups in total. The number of hydrogen-bond donors (Lipinski definition) is 3. The fraction of sp³-hybridized carbons (Fsp3) is 0.633. The van der Waals surface area contributed by atoms with E-state index in [-0.39, 0.29) is 24.1 Å². The minimum Gasteiger partial charge on any atom is -0.446 e. The summed E-state index contributed by atoms with van der Waals surface area (Å²) in [4.78, 5) is 53.2. The van der Waals surface area contributed by atoms with Crippen LogP contribution < -0.4 is 10.6 Å². The van der Waals surface area contributed by atoms with Gasteiger partial charge in [0.25, 0.3) is 0 Å². The van der Waals surface area contributed by atoms with Gasteiger partial charge < -0.3 is 25.2 Å². The van der Waals surface area contributed by atoms with E-state index in [4.69, 9.17) is 16.3 Å². The van der Waals surface area contributed by atoms with Gasteiger partial charge in [-0.25, -0.2) is 4.79 Å². The molecule has 9 nitrogen and oxygen atoms in total. The first-order valence-electron chi connectivity index (χ1n) is 15.0. The smallest absolute Gasteiger partial charge is 0.408 e. The van der Waals surface area contributed by atoms with Gasteiger partial charge in [0.2, 0.25) is 19.2 Å². The predicted octanol–water partition coefficient (Wildman–Crippen LogP) is 5.49. The Labute approximate surface area is 246 Å². The summed E-state index contributed by atoms with van der Waals surface area (Å²) in [6, 6.07) is 5.39. The fourth-order valence-corrected chi connectivity index (χ4v) is 9.26. The number of rotatable bonds is 5. The first-order valence-corrected chi connectivity index (χ1v) is 17.2. The van der Waals surface area contributed by atoms with Gasteiger partial charge in [0.15, 0.2) is 0 Å². The lowest BCUT2D eigenvalue weighted by molar-refractivity contribution is -0.140. The van der Waals surface area contributed by atoms with E-state index in [0.29, 0.717) is 42.8 Å². The maximum absolute atomic E-state index is 14.0. The molecule has 2 heterocycles. The highest BCUT2D eigenvalue weighted by Crippen LogP contribution is 2.71. The minimum absolute atomic E-state index is 0.118. The van der Waals surface area contributed by atoms with Crippen LogP contribution >= 0.6 is 19.0 Å². The molecule has 3 fully saturated rings. The van der Waals surface area contributed by atoms with Crippen molar-refractivity contribution >= 4 is 36.9 Å².